The topological polar surface area (TPSA) is 83.6 Å². The minimum absolute atomic E-state index is 0.0727. The molecule has 118 valence electrons. The molecule has 1 atom stereocenters. The van der Waals surface area contributed by atoms with Crippen LogP contribution in [-0.2, 0) is 11.3 Å². The van der Waals surface area contributed by atoms with Gasteiger partial charge in [-0.1, -0.05) is 20.3 Å². The number of hydrogen-bond donors (Lipinski definition) is 2. The van der Waals surface area contributed by atoms with Crippen LogP contribution in [0.1, 0.15) is 54.6 Å². The van der Waals surface area contributed by atoms with Crippen LogP contribution in [0, 0.1) is 0 Å². The predicted molar refractivity (Wildman–Crippen MR) is 84.5 cm³/mol. The van der Waals surface area contributed by atoms with Crippen molar-refractivity contribution in [3.8, 4) is 0 Å². The SMILES string of the molecule is CCCN(Cc1ccc(C(=O)O)s1)C(=O)C(C)(N)CCC. The number of nitrogens with zero attached hydrogens (tertiary/aromatic N) is 1. The van der Waals surface area contributed by atoms with E-state index in [1.807, 2.05) is 13.8 Å². The second-order valence-corrected chi connectivity index (χ2v) is 6.63. The van der Waals surface area contributed by atoms with Gasteiger partial charge in [0.2, 0.25) is 5.91 Å². The van der Waals surface area contributed by atoms with Gasteiger partial charge in [0.25, 0.3) is 0 Å². The van der Waals surface area contributed by atoms with Crippen LogP contribution >= 0.6 is 11.3 Å². The van der Waals surface area contributed by atoms with E-state index < -0.39 is 11.5 Å². The summed E-state index contributed by atoms with van der Waals surface area (Å²) in [6, 6.07) is 3.34. The molecule has 1 aromatic rings. The maximum Gasteiger partial charge on any atom is 0.345 e. The molecule has 21 heavy (non-hydrogen) atoms. The maximum atomic E-state index is 12.6. The highest BCUT2D eigenvalue weighted by molar-refractivity contribution is 7.13. The van der Waals surface area contributed by atoms with Gasteiger partial charge >= 0.3 is 5.97 Å². The number of carbonyl (C=O) groups is 2. The molecule has 0 aromatic carbocycles. The average Bonchev–Trinajstić information content (AvgIpc) is 2.86. The monoisotopic (exact) mass is 312 g/mol. The van der Waals surface area contributed by atoms with Crippen molar-refractivity contribution in [3.63, 3.8) is 0 Å². The van der Waals surface area contributed by atoms with Gasteiger partial charge in [0, 0.05) is 11.4 Å². The molecule has 5 nitrogen and oxygen atoms in total. The zero-order valence-corrected chi connectivity index (χ0v) is 13.7. The van der Waals surface area contributed by atoms with Gasteiger partial charge in [0.1, 0.15) is 4.88 Å². The van der Waals surface area contributed by atoms with E-state index in [2.05, 4.69) is 0 Å². The predicted octanol–water partition coefficient (Wildman–Crippen LogP) is 2.70. The number of amides is 1. The van der Waals surface area contributed by atoms with E-state index in [-0.39, 0.29) is 10.8 Å². The van der Waals surface area contributed by atoms with Crippen molar-refractivity contribution >= 4 is 23.2 Å². The van der Waals surface area contributed by atoms with Gasteiger partial charge in [-0.3, -0.25) is 4.79 Å². The summed E-state index contributed by atoms with van der Waals surface area (Å²) in [7, 11) is 0. The van der Waals surface area contributed by atoms with Crippen molar-refractivity contribution in [2.75, 3.05) is 6.54 Å². The number of aromatic carboxylic acids is 1. The number of carboxylic acid groups (broad SMARTS) is 1. The number of thiophene rings is 1. The highest BCUT2D eigenvalue weighted by atomic mass is 32.1. The number of rotatable bonds is 8. The summed E-state index contributed by atoms with van der Waals surface area (Å²) < 4.78 is 0. The summed E-state index contributed by atoms with van der Waals surface area (Å²) in [5, 5.41) is 8.95. The van der Waals surface area contributed by atoms with E-state index in [1.165, 1.54) is 11.3 Å². The molecule has 0 bridgehead atoms. The van der Waals surface area contributed by atoms with Crippen LogP contribution in [0.25, 0.3) is 0 Å². The van der Waals surface area contributed by atoms with E-state index in [0.29, 0.717) is 19.5 Å². The summed E-state index contributed by atoms with van der Waals surface area (Å²) >= 11 is 1.20. The fraction of sp³-hybridized carbons (Fsp3) is 0.600. The summed E-state index contributed by atoms with van der Waals surface area (Å²) in [6.07, 6.45) is 2.32. The van der Waals surface area contributed by atoms with Crippen LogP contribution < -0.4 is 5.73 Å². The van der Waals surface area contributed by atoms with E-state index in [0.717, 1.165) is 17.7 Å². The van der Waals surface area contributed by atoms with E-state index in [1.54, 1.807) is 24.0 Å². The van der Waals surface area contributed by atoms with Crippen LogP contribution in [0.5, 0.6) is 0 Å². The molecule has 0 saturated carbocycles. The molecule has 0 radical (unpaired) electrons. The molecule has 0 aliphatic heterocycles. The zero-order chi connectivity index (χ0) is 16.0. The molecule has 3 N–H and O–H groups in total. The van der Waals surface area contributed by atoms with Crippen LogP contribution in [0.3, 0.4) is 0 Å². The first-order valence-electron chi connectivity index (χ1n) is 7.22. The normalized spacial score (nSPS) is 13.7. The Balaban J connectivity index is 2.85. The summed E-state index contributed by atoms with van der Waals surface area (Å²) in [5.74, 6) is -1.01. The maximum absolute atomic E-state index is 12.6. The number of carbonyl (C=O) groups excluding carboxylic acids is 1. The fourth-order valence-corrected chi connectivity index (χ4v) is 3.14. The molecule has 1 rings (SSSR count). The van der Waals surface area contributed by atoms with Crippen molar-refractivity contribution in [2.24, 2.45) is 5.73 Å². The third-order valence-electron chi connectivity index (χ3n) is 3.26. The van der Waals surface area contributed by atoms with Crippen LogP contribution in [-0.4, -0.2) is 34.0 Å². The largest absolute Gasteiger partial charge is 0.477 e. The first-order chi connectivity index (χ1) is 9.81. The second kappa shape index (κ2) is 7.56. The molecule has 0 saturated heterocycles. The van der Waals surface area contributed by atoms with E-state index in [4.69, 9.17) is 10.8 Å². The fourth-order valence-electron chi connectivity index (χ4n) is 2.28. The molecule has 0 fully saturated rings. The molecule has 0 aliphatic rings. The highest BCUT2D eigenvalue weighted by Crippen LogP contribution is 2.21. The third kappa shape index (κ3) is 4.82. The summed E-state index contributed by atoms with van der Waals surface area (Å²) in [5.41, 5.74) is 5.26. The highest BCUT2D eigenvalue weighted by Gasteiger charge is 2.31. The van der Waals surface area contributed by atoms with Gasteiger partial charge < -0.3 is 15.7 Å². The van der Waals surface area contributed by atoms with Crippen molar-refractivity contribution in [2.45, 2.75) is 52.1 Å². The van der Waals surface area contributed by atoms with E-state index >= 15 is 0 Å². The standard InChI is InChI=1S/C15H24N2O3S/c1-4-8-15(3,16)14(20)17(9-5-2)10-11-6-7-12(21-11)13(18)19/h6-7H,4-5,8-10,16H2,1-3H3,(H,18,19). The molecule has 0 spiro atoms. The van der Waals surface area contributed by atoms with Gasteiger partial charge in [-0.25, -0.2) is 4.79 Å². The number of nitrogens with two attached hydrogens (primary N) is 1. The summed E-state index contributed by atoms with van der Waals surface area (Å²) in [4.78, 5) is 26.4. The minimum atomic E-state index is -0.936. The lowest BCUT2D eigenvalue weighted by Gasteiger charge is -2.31. The van der Waals surface area contributed by atoms with Crippen LogP contribution in [0.15, 0.2) is 12.1 Å². The van der Waals surface area contributed by atoms with Gasteiger partial charge in [0.05, 0.1) is 12.1 Å². The Labute approximate surface area is 129 Å². The molecular weight excluding hydrogens is 288 g/mol. The molecule has 6 heteroatoms. The Morgan fingerprint density at radius 2 is 2.00 bits per heavy atom. The number of hydrogen-bond acceptors (Lipinski definition) is 4. The minimum Gasteiger partial charge on any atom is -0.477 e. The Bertz CT molecular complexity index is 497. The summed E-state index contributed by atoms with van der Waals surface area (Å²) in [6.45, 7) is 6.81. The van der Waals surface area contributed by atoms with Gasteiger partial charge in [-0.15, -0.1) is 11.3 Å². The lowest BCUT2D eigenvalue weighted by atomic mass is 9.95. The van der Waals surface area contributed by atoms with Gasteiger partial charge in [-0.2, -0.15) is 0 Å². The lowest BCUT2D eigenvalue weighted by Crippen LogP contribution is -2.53. The van der Waals surface area contributed by atoms with E-state index in [9.17, 15) is 9.59 Å². The van der Waals surface area contributed by atoms with Gasteiger partial charge in [-0.05, 0) is 31.9 Å². The smallest absolute Gasteiger partial charge is 0.345 e. The van der Waals surface area contributed by atoms with Gasteiger partial charge in [0.15, 0.2) is 0 Å². The molecule has 0 aliphatic carbocycles. The Kier molecular flexibility index (Phi) is 6.36. The average molecular weight is 312 g/mol. The van der Waals surface area contributed by atoms with Crippen LogP contribution in [0.4, 0.5) is 0 Å². The molecule has 1 heterocycles. The number of carboxylic acids is 1. The molecular formula is C15H24N2O3S. The third-order valence-corrected chi connectivity index (χ3v) is 4.32. The van der Waals surface area contributed by atoms with Crippen molar-refractivity contribution in [1.29, 1.82) is 0 Å². The van der Waals surface area contributed by atoms with Crippen molar-refractivity contribution in [3.05, 3.63) is 21.9 Å². The Morgan fingerprint density at radius 1 is 1.33 bits per heavy atom. The first kappa shape index (κ1) is 17.7. The van der Waals surface area contributed by atoms with Crippen molar-refractivity contribution < 1.29 is 14.7 Å². The Morgan fingerprint density at radius 3 is 2.48 bits per heavy atom. The lowest BCUT2D eigenvalue weighted by molar-refractivity contribution is -0.137. The zero-order valence-electron chi connectivity index (χ0n) is 12.9. The first-order valence-corrected chi connectivity index (χ1v) is 8.03. The molecule has 1 amide bonds. The Hall–Kier alpha value is -1.40. The quantitative estimate of drug-likeness (QED) is 0.773. The van der Waals surface area contributed by atoms with Crippen molar-refractivity contribution in [1.82, 2.24) is 4.90 Å². The molecule has 1 unspecified atom stereocenters. The van der Waals surface area contributed by atoms with Crippen LogP contribution in [0.2, 0.25) is 0 Å². The second-order valence-electron chi connectivity index (χ2n) is 5.47. The molecule has 1 aromatic heterocycles.